The van der Waals surface area contributed by atoms with Gasteiger partial charge in [0, 0.05) is 36.5 Å². The first kappa shape index (κ1) is 8.84. The van der Waals surface area contributed by atoms with Crippen molar-refractivity contribution in [3.8, 4) is 0 Å². The lowest BCUT2D eigenvalue weighted by atomic mass is 10.2. The molecule has 0 saturated heterocycles. The van der Waals surface area contributed by atoms with E-state index in [-0.39, 0.29) is 0 Å². The van der Waals surface area contributed by atoms with E-state index in [2.05, 4.69) is 33.9 Å². The Kier molecular flexibility index (Phi) is 2.42. The summed E-state index contributed by atoms with van der Waals surface area (Å²) in [6.07, 6.45) is 1.82. The van der Waals surface area contributed by atoms with Crippen LogP contribution in [0.2, 0.25) is 0 Å². The minimum atomic E-state index is 0.547. The predicted molar refractivity (Wildman–Crippen MR) is 56.1 cm³/mol. The number of nitrogens with one attached hydrogen (secondary N) is 1. The van der Waals surface area contributed by atoms with Crippen molar-refractivity contribution in [2.45, 2.75) is 26.4 Å². The molecule has 0 atom stereocenters. The molecule has 1 aromatic rings. The summed E-state index contributed by atoms with van der Waals surface area (Å²) in [5.41, 5.74) is 1.27. The zero-order valence-corrected chi connectivity index (χ0v) is 8.64. The molecule has 1 aromatic heterocycles. The quantitative estimate of drug-likeness (QED) is 0.696. The Morgan fingerprint density at radius 2 is 2.46 bits per heavy atom. The van der Waals surface area contributed by atoms with Crippen molar-refractivity contribution in [1.82, 2.24) is 9.29 Å². The maximum absolute atomic E-state index is 4.25. The smallest absolute Gasteiger partial charge is 0.141 e. The molecule has 0 aromatic carbocycles. The van der Waals surface area contributed by atoms with Crippen molar-refractivity contribution in [1.29, 1.82) is 0 Å². The summed E-state index contributed by atoms with van der Waals surface area (Å²) in [6, 6.07) is 4.64. The molecule has 0 fully saturated rings. The van der Waals surface area contributed by atoms with Gasteiger partial charge in [-0.15, -0.1) is 0 Å². The molecule has 0 aliphatic carbocycles. The average molecular weight is 195 g/mol. The second-order valence-corrected chi connectivity index (χ2v) is 4.23. The van der Waals surface area contributed by atoms with E-state index in [1.807, 2.05) is 12.3 Å². The van der Waals surface area contributed by atoms with Crippen molar-refractivity contribution < 1.29 is 0 Å². The summed E-state index contributed by atoms with van der Waals surface area (Å²) in [4.78, 5) is 4.25. The third-order valence-corrected chi connectivity index (χ3v) is 3.12. The summed E-state index contributed by atoms with van der Waals surface area (Å²) in [6.45, 7) is 5.35. The van der Waals surface area contributed by atoms with Gasteiger partial charge in [0.25, 0.3) is 0 Å². The van der Waals surface area contributed by atoms with Gasteiger partial charge in [-0.3, -0.25) is 0 Å². The maximum Gasteiger partial charge on any atom is 0.141 e. The summed E-state index contributed by atoms with van der Waals surface area (Å²) >= 11 is 1.63. The molecule has 0 bridgehead atoms. The van der Waals surface area contributed by atoms with Crippen LogP contribution >= 0.6 is 12.1 Å². The Balaban J connectivity index is 2.20. The molecule has 4 heteroatoms. The third-order valence-electron chi connectivity index (χ3n) is 2.05. The molecule has 2 heterocycles. The molecule has 70 valence electrons. The molecule has 2 rings (SSSR count). The molecule has 0 saturated carbocycles. The minimum Gasteiger partial charge on any atom is -0.301 e. The van der Waals surface area contributed by atoms with Gasteiger partial charge in [0.15, 0.2) is 0 Å². The molecule has 0 spiro atoms. The van der Waals surface area contributed by atoms with Gasteiger partial charge in [0.05, 0.1) is 0 Å². The van der Waals surface area contributed by atoms with Gasteiger partial charge >= 0.3 is 0 Å². The first-order valence-corrected chi connectivity index (χ1v) is 5.18. The highest BCUT2D eigenvalue weighted by atomic mass is 32.2. The van der Waals surface area contributed by atoms with Crippen LogP contribution in [0.25, 0.3) is 0 Å². The van der Waals surface area contributed by atoms with Crippen molar-refractivity contribution in [2.75, 3.05) is 4.72 Å². The van der Waals surface area contributed by atoms with E-state index < -0.39 is 0 Å². The lowest BCUT2D eigenvalue weighted by molar-refractivity contribution is 0.389. The number of rotatable bonds is 1. The van der Waals surface area contributed by atoms with E-state index in [0.29, 0.717) is 6.04 Å². The van der Waals surface area contributed by atoms with Gasteiger partial charge < -0.3 is 4.72 Å². The van der Waals surface area contributed by atoms with E-state index in [4.69, 9.17) is 0 Å². The first-order valence-electron chi connectivity index (χ1n) is 4.41. The Bertz CT molecular complexity index is 301. The van der Waals surface area contributed by atoms with Crippen LogP contribution in [0.3, 0.4) is 0 Å². The Morgan fingerprint density at radius 3 is 3.23 bits per heavy atom. The normalized spacial score (nSPS) is 16.8. The fourth-order valence-corrected chi connectivity index (χ4v) is 2.05. The van der Waals surface area contributed by atoms with E-state index in [9.17, 15) is 0 Å². The van der Waals surface area contributed by atoms with Crippen LogP contribution in [0.1, 0.15) is 19.4 Å². The summed E-state index contributed by atoms with van der Waals surface area (Å²) in [7, 11) is 0. The van der Waals surface area contributed by atoms with E-state index in [1.54, 1.807) is 12.1 Å². The molecule has 0 unspecified atom stereocenters. The molecule has 13 heavy (non-hydrogen) atoms. The van der Waals surface area contributed by atoms with E-state index >= 15 is 0 Å². The Morgan fingerprint density at radius 1 is 1.62 bits per heavy atom. The SMILES string of the molecule is CC(C)N1Cc2cccnc2NS1. The van der Waals surface area contributed by atoms with Gasteiger partial charge in [0.2, 0.25) is 0 Å². The van der Waals surface area contributed by atoms with Gasteiger partial charge in [-0.05, 0) is 19.9 Å². The molecule has 0 radical (unpaired) electrons. The second-order valence-electron chi connectivity index (χ2n) is 3.37. The molecule has 0 amide bonds. The van der Waals surface area contributed by atoms with Gasteiger partial charge in [0.1, 0.15) is 5.82 Å². The largest absolute Gasteiger partial charge is 0.301 e. The van der Waals surface area contributed by atoms with Crippen molar-refractivity contribution in [3.63, 3.8) is 0 Å². The third kappa shape index (κ3) is 1.78. The lowest BCUT2D eigenvalue weighted by Crippen LogP contribution is -2.28. The van der Waals surface area contributed by atoms with Crippen molar-refractivity contribution in [3.05, 3.63) is 23.9 Å². The van der Waals surface area contributed by atoms with Crippen LogP contribution in [0.4, 0.5) is 5.82 Å². The monoisotopic (exact) mass is 195 g/mol. The number of aromatic nitrogens is 1. The fraction of sp³-hybridized carbons (Fsp3) is 0.444. The minimum absolute atomic E-state index is 0.547. The summed E-state index contributed by atoms with van der Waals surface area (Å²) in [5, 5.41) is 0. The molecule has 1 aliphatic rings. The molecule has 3 nitrogen and oxygen atoms in total. The van der Waals surface area contributed by atoms with Crippen LogP contribution in [-0.4, -0.2) is 15.3 Å². The van der Waals surface area contributed by atoms with Crippen LogP contribution in [-0.2, 0) is 6.54 Å². The van der Waals surface area contributed by atoms with Crippen LogP contribution in [0.15, 0.2) is 18.3 Å². The van der Waals surface area contributed by atoms with Gasteiger partial charge in [-0.25, -0.2) is 9.29 Å². The van der Waals surface area contributed by atoms with Crippen LogP contribution < -0.4 is 4.72 Å². The fourth-order valence-electron chi connectivity index (χ4n) is 1.25. The second kappa shape index (κ2) is 3.55. The summed E-state index contributed by atoms with van der Waals surface area (Å²) in [5.74, 6) is 1.00. The highest BCUT2D eigenvalue weighted by molar-refractivity contribution is 7.98. The number of pyridine rings is 1. The zero-order chi connectivity index (χ0) is 9.26. The number of fused-ring (bicyclic) bond motifs is 1. The summed E-state index contributed by atoms with van der Waals surface area (Å²) < 4.78 is 5.52. The Hall–Kier alpha value is -0.740. The molecule has 1 N–H and O–H groups in total. The zero-order valence-electron chi connectivity index (χ0n) is 7.82. The number of hydrogen-bond acceptors (Lipinski definition) is 4. The topological polar surface area (TPSA) is 28.2 Å². The first-order chi connectivity index (χ1) is 6.27. The predicted octanol–water partition coefficient (Wildman–Crippen LogP) is 2.28. The molecular formula is C9H13N3S. The van der Waals surface area contributed by atoms with E-state index in [0.717, 1.165) is 12.4 Å². The highest BCUT2D eigenvalue weighted by Crippen LogP contribution is 2.28. The van der Waals surface area contributed by atoms with Gasteiger partial charge in [-0.2, -0.15) is 0 Å². The number of anilines is 1. The average Bonchev–Trinajstić information content (AvgIpc) is 2.17. The van der Waals surface area contributed by atoms with Crippen molar-refractivity contribution >= 4 is 18.0 Å². The lowest BCUT2D eigenvalue weighted by Gasteiger charge is -2.29. The van der Waals surface area contributed by atoms with Gasteiger partial charge in [-0.1, -0.05) is 6.07 Å². The number of hydrogen-bond donors (Lipinski definition) is 1. The Labute approximate surface area is 82.8 Å². The highest BCUT2D eigenvalue weighted by Gasteiger charge is 2.18. The standard InChI is InChI=1S/C9H13N3S/c1-7(2)12-6-8-4-3-5-10-9(8)11-13-12/h3-5,7H,6H2,1-2H3,(H,10,11). The van der Waals surface area contributed by atoms with Crippen molar-refractivity contribution in [2.24, 2.45) is 0 Å². The molecule has 1 aliphatic heterocycles. The van der Waals surface area contributed by atoms with E-state index in [1.165, 1.54) is 5.56 Å². The molecular weight excluding hydrogens is 182 g/mol. The van der Waals surface area contributed by atoms with Crippen LogP contribution in [0.5, 0.6) is 0 Å². The van der Waals surface area contributed by atoms with Crippen LogP contribution in [0, 0.1) is 0 Å². The number of nitrogens with zero attached hydrogens (tertiary/aromatic N) is 2. The maximum atomic E-state index is 4.25.